The zero-order valence-electron chi connectivity index (χ0n) is 25.6. The van der Waals surface area contributed by atoms with Gasteiger partial charge in [0.2, 0.25) is 0 Å². The van der Waals surface area contributed by atoms with Crippen LogP contribution in [0.5, 0.6) is 0 Å². The van der Waals surface area contributed by atoms with Gasteiger partial charge in [0.15, 0.2) is 22.8 Å². The van der Waals surface area contributed by atoms with E-state index >= 15 is 0 Å². The number of allylic oxidation sites excluding steroid dienone is 1. The number of carbonyl (C=O) groups excluding carboxylic acids is 3. The Balaban J connectivity index is 1.20. The Morgan fingerprint density at radius 3 is 2.55 bits per heavy atom. The Hall–Kier alpha value is -5.35. The monoisotopic (exact) mass is 653 g/mol. The van der Waals surface area contributed by atoms with Gasteiger partial charge in [0.05, 0.1) is 28.2 Å². The summed E-state index contributed by atoms with van der Waals surface area (Å²) < 4.78 is 50.7. The van der Waals surface area contributed by atoms with Crippen molar-refractivity contribution in [2.24, 2.45) is 18.2 Å². The molecule has 0 bridgehead atoms. The number of primary amides is 1. The molecule has 1 saturated carbocycles. The number of Topliss-reactive ketones (excluding diaryl/α,β-unsaturated/α-hetero) is 1. The fourth-order valence-electron chi connectivity index (χ4n) is 5.99. The number of amides is 1. The molecule has 1 fully saturated rings. The number of hydrogen-bond acceptors (Lipinski definition) is 10. The molecule has 14 nitrogen and oxygen atoms in total. The fraction of sp³-hybridized carbons (Fsp3) is 0.400. The first-order chi connectivity index (χ1) is 22.1. The Morgan fingerprint density at radius 2 is 1.87 bits per heavy atom. The highest BCUT2D eigenvalue weighted by Crippen LogP contribution is 2.42. The average Bonchev–Trinajstić information content (AvgIpc) is 3.61. The lowest BCUT2D eigenvalue weighted by Gasteiger charge is -2.29. The van der Waals surface area contributed by atoms with Gasteiger partial charge in [0.1, 0.15) is 12.4 Å². The van der Waals surface area contributed by atoms with Crippen molar-refractivity contribution in [3.8, 4) is 5.69 Å². The molecule has 17 heteroatoms. The first kappa shape index (κ1) is 31.6. The van der Waals surface area contributed by atoms with Crippen molar-refractivity contribution in [2.75, 3.05) is 5.32 Å². The molecule has 0 spiro atoms. The lowest BCUT2D eigenvalue weighted by Crippen LogP contribution is -2.29. The van der Waals surface area contributed by atoms with Crippen molar-refractivity contribution in [3.63, 3.8) is 0 Å². The van der Waals surface area contributed by atoms with E-state index in [1.807, 2.05) is 0 Å². The summed E-state index contributed by atoms with van der Waals surface area (Å²) in [6, 6.07) is 4.30. The Labute approximate surface area is 264 Å². The number of aryl methyl sites for hydroxylation is 1. The summed E-state index contributed by atoms with van der Waals surface area (Å²) in [7, 11) is 1.42. The van der Waals surface area contributed by atoms with E-state index < -0.39 is 52.3 Å². The van der Waals surface area contributed by atoms with Gasteiger partial charge < -0.3 is 15.8 Å². The second kappa shape index (κ2) is 11.5. The van der Waals surface area contributed by atoms with Gasteiger partial charge in [-0.2, -0.15) is 23.0 Å². The molecule has 1 amide bonds. The summed E-state index contributed by atoms with van der Waals surface area (Å²) in [5.41, 5.74) is 4.37. The van der Waals surface area contributed by atoms with Gasteiger partial charge in [-0.1, -0.05) is 24.6 Å². The minimum Gasteiger partial charge on any atom is -0.458 e. The summed E-state index contributed by atoms with van der Waals surface area (Å²) >= 11 is 0. The maximum Gasteiger partial charge on any atom is 0.435 e. The highest BCUT2D eigenvalue weighted by molar-refractivity contribution is 6.01. The van der Waals surface area contributed by atoms with Gasteiger partial charge >= 0.3 is 17.8 Å². The number of ketones is 1. The van der Waals surface area contributed by atoms with Crippen LogP contribution in [0.15, 0.2) is 41.1 Å². The quantitative estimate of drug-likeness (QED) is 0.293. The van der Waals surface area contributed by atoms with E-state index in [4.69, 9.17) is 10.5 Å². The molecule has 2 aliphatic rings. The molecule has 3 heterocycles. The van der Waals surface area contributed by atoms with Gasteiger partial charge in [-0.3, -0.25) is 9.59 Å². The number of ether oxygens (including phenoxy) is 1. The number of aromatic nitrogens is 7. The third-order valence-electron chi connectivity index (χ3n) is 8.30. The molecule has 47 heavy (non-hydrogen) atoms. The molecule has 0 radical (unpaired) electrons. The van der Waals surface area contributed by atoms with E-state index in [2.05, 4.69) is 25.7 Å². The van der Waals surface area contributed by atoms with Gasteiger partial charge in [-0.05, 0) is 55.7 Å². The molecular weight excluding hydrogens is 623 g/mol. The second-order valence-corrected chi connectivity index (χ2v) is 12.4. The maximum atomic E-state index is 13.9. The molecule has 1 aromatic carbocycles. The van der Waals surface area contributed by atoms with Crippen LogP contribution in [0.3, 0.4) is 0 Å². The Kier molecular flexibility index (Phi) is 7.72. The number of esters is 1. The lowest BCUT2D eigenvalue weighted by atomic mass is 9.75. The van der Waals surface area contributed by atoms with Crippen LogP contribution in [-0.4, -0.2) is 57.9 Å². The van der Waals surface area contributed by atoms with Crippen LogP contribution in [0.25, 0.3) is 11.3 Å². The molecule has 4 aromatic rings. The number of nitrogens with zero attached hydrogens (tertiary/aromatic N) is 7. The molecule has 2 aliphatic carbocycles. The number of rotatable bonds is 6. The molecule has 0 aliphatic heterocycles. The summed E-state index contributed by atoms with van der Waals surface area (Å²) in [6.07, 6.45) is -0.234. The highest BCUT2D eigenvalue weighted by atomic mass is 19.4. The number of nitrogens with one attached hydrogen (secondary N) is 1. The fourth-order valence-corrected chi connectivity index (χ4v) is 5.99. The zero-order chi connectivity index (χ0) is 33.8. The lowest BCUT2D eigenvalue weighted by molar-refractivity contribution is -0.141. The van der Waals surface area contributed by atoms with Gasteiger partial charge in [0.25, 0.3) is 5.91 Å². The molecule has 0 unspecified atom stereocenters. The SMILES string of the molecule is Cn1nnc2c(C(=O)OC3CCC(=CNc4cc(-n5nc(C(F)(F)F)c6c5CC(C)(C)CC6=O)ccc4C(N)=O)CC3)ncn2c1=O. The highest BCUT2D eigenvalue weighted by Gasteiger charge is 2.45. The largest absolute Gasteiger partial charge is 0.458 e. The molecule has 3 N–H and O–H groups in total. The third kappa shape index (κ3) is 5.99. The number of alkyl halides is 3. The number of imidazole rings is 1. The van der Waals surface area contributed by atoms with E-state index in [0.717, 1.165) is 19.3 Å². The first-order valence-corrected chi connectivity index (χ1v) is 14.7. The summed E-state index contributed by atoms with van der Waals surface area (Å²) in [6.45, 7) is 3.61. The number of anilines is 1. The van der Waals surface area contributed by atoms with Crippen LogP contribution in [0.1, 0.15) is 88.5 Å². The van der Waals surface area contributed by atoms with Crippen molar-refractivity contribution in [1.82, 2.24) is 34.2 Å². The molecule has 3 aromatic heterocycles. The smallest absolute Gasteiger partial charge is 0.435 e. The van der Waals surface area contributed by atoms with E-state index in [1.54, 1.807) is 20.0 Å². The van der Waals surface area contributed by atoms with E-state index in [-0.39, 0.29) is 46.8 Å². The van der Waals surface area contributed by atoms with Gasteiger partial charge in [-0.15, -0.1) is 5.10 Å². The number of hydrogen-bond donors (Lipinski definition) is 2. The van der Waals surface area contributed by atoms with Crippen LogP contribution in [0, 0.1) is 5.41 Å². The van der Waals surface area contributed by atoms with Crippen molar-refractivity contribution >= 4 is 29.0 Å². The van der Waals surface area contributed by atoms with E-state index in [0.29, 0.717) is 25.7 Å². The first-order valence-electron chi connectivity index (χ1n) is 14.7. The predicted octanol–water partition coefficient (Wildman–Crippen LogP) is 3.38. The number of carbonyl (C=O) groups is 3. The van der Waals surface area contributed by atoms with Crippen LogP contribution < -0.4 is 16.7 Å². The normalized spacial score (nSPS) is 17.8. The zero-order valence-corrected chi connectivity index (χ0v) is 25.6. The van der Waals surface area contributed by atoms with E-state index in [9.17, 15) is 32.3 Å². The van der Waals surface area contributed by atoms with Crippen LogP contribution in [-0.2, 0) is 24.4 Å². The molecular formula is C30H30F3N9O5. The number of nitrogens with two attached hydrogens (primary N) is 1. The van der Waals surface area contributed by atoms with Crippen molar-refractivity contribution in [3.05, 3.63) is 75.0 Å². The van der Waals surface area contributed by atoms with Gasteiger partial charge in [0, 0.05) is 19.7 Å². The standard InChI is InChI=1S/C30H30F3N9O5/c1-29(2)11-20-22(21(43)12-29)24(30(31,32)33)38-42(20)16-6-9-18(25(34)44)19(10-16)35-13-15-4-7-17(8-5-15)47-27(45)23-26-37-39-40(3)28(46)41(26)14-36-23/h6,9-10,13-14,17,35H,4-5,7-8,11-12H2,1-3H3,(H2,34,44). The Bertz CT molecular complexity index is 2030. The summed E-state index contributed by atoms with van der Waals surface area (Å²) in [4.78, 5) is 54.0. The van der Waals surface area contributed by atoms with Crippen molar-refractivity contribution in [1.29, 1.82) is 0 Å². The van der Waals surface area contributed by atoms with Crippen molar-refractivity contribution in [2.45, 2.75) is 64.7 Å². The Morgan fingerprint density at radius 1 is 1.15 bits per heavy atom. The average molecular weight is 654 g/mol. The van der Waals surface area contributed by atoms with Gasteiger partial charge in [-0.25, -0.2) is 23.7 Å². The minimum absolute atomic E-state index is 0.00764. The maximum absolute atomic E-state index is 13.9. The number of benzene rings is 1. The number of halogens is 3. The van der Waals surface area contributed by atoms with E-state index in [1.165, 1.54) is 31.6 Å². The predicted molar refractivity (Wildman–Crippen MR) is 159 cm³/mol. The number of fused-ring (bicyclic) bond motifs is 2. The van der Waals surface area contributed by atoms with Crippen LogP contribution in [0.2, 0.25) is 0 Å². The topological polar surface area (TPSA) is 181 Å². The summed E-state index contributed by atoms with van der Waals surface area (Å²) in [5.74, 6) is -2.10. The molecule has 6 rings (SSSR count). The summed E-state index contributed by atoms with van der Waals surface area (Å²) in [5, 5.41) is 14.4. The third-order valence-corrected chi connectivity index (χ3v) is 8.30. The molecule has 246 valence electrons. The van der Waals surface area contributed by atoms with Crippen LogP contribution >= 0.6 is 0 Å². The second-order valence-electron chi connectivity index (χ2n) is 12.4. The molecule has 0 atom stereocenters. The minimum atomic E-state index is -4.84. The van der Waals surface area contributed by atoms with Crippen molar-refractivity contribution < 1.29 is 32.3 Å². The van der Waals surface area contributed by atoms with Crippen LogP contribution in [0.4, 0.5) is 18.9 Å². The molecule has 0 saturated heterocycles.